The van der Waals surface area contributed by atoms with Crippen LogP contribution in [0.1, 0.15) is 68.4 Å². The summed E-state index contributed by atoms with van der Waals surface area (Å²) in [7, 11) is 0. The fraction of sp³-hybridized carbons (Fsp3) is 0.611. The number of benzene rings is 1. The number of piperidine rings is 1. The van der Waals surface area contributed by atoms with Crippen LogP contribution in [-0.2, 0) is 0 Å². The van der Waals surface area contributed by atoms with Crippen molar-refractivity contribution >= 4 is 0 Å². The van der Waals surface area contributed by atoms with Gasteiger partial charge >= 0.3 is 0 Å². The molecular formula is C18H24FN5. The van der Waals surface area contributed by atoms with Crippen molar-refractivity contribution in [1.29, 1.82) is 0 Å². The molecule has 1 atom stereocenters. The summed E-state index contributed by atoms with van der Waals surface area (Å²) in [4.78, 5) is 2.45. The van der Waals surface area contributed by atoms with E-state index in [1.165, 1.54) is 44.2 Å². The maximum absolute atomic E-state index is 13.4. The zero-order valence-corrected chi connectivity index (χ0v) is 13.9. The monoisotopic (exact) mass is 329 g/mol. The largest absolute Gasteiger partial charge is 0.290 e. The SMILES string of the molecule is Fc1ccc(C(c2nnnn2C2CCCC2)N2CCCCC2)cc1. The lowest BCUT2D eigenvalue weighted by Gasteiger charge is -2.34. The molecule has 5 nitrogen and oxygen atoms in total. The lowest BCUT2D eigenvalue weighted by molar-refractivity contribution is 0.175. The van der Waals surface area contributed by atoms with Gasteiger partial charge in [0.05, 0.1) is 12.1 Å². The Labute approximate surface area is 141 Å². The lowest BCUT2D eigenvalue weighted by Crippen LogP contribution is -2.36. The summed E-state index contributed by atoms with van der Waals surface area (Å²) in [5.74, 6) is 0.710. The van der Waals surface area contributed by atoms with E-state index in [9.17, 15) is 4.39 Å². The molecule has 2 fully saturated rings. The van der Waals surface area contributed by atoms with Crippen molar-refractivity contribution in [2.75, 3.05) is 13.1 Å². The van der Waals surface area contributed by atoms with Crippen LogP contribution in [0.4, 0.5) is 4.39 Å². The highest BCUT2D eigenvalue weighted by molar-refractivity contribution is 5.25. The maximum Gasteiger partial charge on any atom is 0.173 e. The molecule has 0 bridgehead atoms. The molecule has 1 saturated carbocycles. The van der Waals surface area contributed by atoms with Gasteiger partial charge in [0.15, 0.2) is 5.82 Å². The van der Waals surface area contributed by atoms with Gasteiger partial charge in [0.25, 0.3) is 0 Å². The molecule has 0 amide bonds. The zero-order chi connectivity index (χ0) is 16.4. The van der Waals surface area contributed by atoms with E-state index in [1.807, 2.05) is 16.8 Å². The minimum Gasteiger partial charge on any atom is -0.290 e. The average Bonchev–Trinajstić information content (AvgIpc) is 3.29. The first-order chi connectivity index (χ1) is 11.8. The molecule has 1 aromatic carbocycles. The highest BCUT2D eigenvalue weighted by Crippen LogP contribution is 2.35. The van der Waals surface area contributed by atoms with Gasteiger partial charge in [-0.25, -0.2) is 9.07 Å². The van der Waals surface area contributed by atoms with Gasteiger partial charge in [0.1, 0.15) is 5.82 Å². The van der Waals surface area contributed by atoms with E-state index in [2.05, 4.69) is 20.4 Å². The molecule has 4 rings (SSSR count). The van der Waals surface area contributed by atoms with Crippen LogP contribution in [0.3, 0.4) is 0 Å². The summed E-state index contributed by atoms with van der Waals surface area (Å²) in [5.41, 5.74) is 1.08. The van der Waals surface area contributed by atoms with Crippen molar-refractivity contribution in [3.63, 3.8) is 0 Å². The van der Waals surface area contributed by atoms with E-state index < -0.39 is 0 Å². The number of nitrogens with zero attached hydrogens (tertiary/aromatic N) is 5. The molecule has 1 aliphatic carbocycles. The third kappa shape index (κ3) is 3.07. The molecule has 2 heterocycles. The Bertz CT molecular complexity index is 656. The van der Waals surface area contributed by atoms with Crippen LogP contribution in [0.2, 0.25) is 0 Å². The standard InChI is InChI=1S/C18H24FN5/c19-15-10-8-14(9-11-15)17(23-12-4-1-5-13-23)18-20-21-22-24(18)16-6-2-3-7-16/h8-11,16-17H,1-7,12-13H2. The Morgan fingerprint density at radius 3 is 2.38 bits per heavy atom. The van der Waals surface area contributed by atoms with Crippen molar-refractivity contribution in [2.45, 2.75) is 57.0 Å². The van der Waals surface area contributed by atoms with Crippen LogP contribution >= 0.6 is 0 Å². The minimum absolute atomic E-state index is 0.0153. The number of hydrogen-bond donors (Lipinski definition) is 0. The molecule has 1 aliphatic heterocycles. The summed E-state index contributed by atoms with van der Waals surface area (Å²) >= 11 is 0. The molecule has 0 radical (unpaired) electrons. The molecular weight excluding hydrogens is 305 g/mol. The molecule has 0 N–H and O–H groups in total. The van der Waals surface area contributed by atoms with Crippen molar-refractivity contribution in [3.05, 3.63) is 41.5 Å². The molecule has 1 saturated heterocycles. The average molecular weight is 329 g/mol. The van der Waals surface area contributed by atoms with Gasteiger partial charge in [-0.1, -0.05) is 31.4 Å². The van der Waals surface area contributed by atoms with Crippen LogP contribution in [0.15, 0.2) is 24.3 Å². The Morgan fingerprint density at radius 1 is 0.958 bits per heavy atom. The van der Waals surface area contributed by atoms with Crippen LogP contribution in [0, 0.1) is 5.82 Å². The topological polar surface area (TPSA) is 46.8 Å². The van der Waals surface area contributed by atoms with Crippen molar-refractivity contribution < 1.29 is 4.39 Å². The highest BCUT2D eigenvalue weighted by atomic mass is 19.1. The summed E-state index contributed by atoms with van der Waals surface area (Å²) in [5, 5.41) is 12.7. The Balaban J connectivity index is 1.72. The number of likely N-dealkylation sites (tertiary alicyclic amines) is 1. The lowest BCUT2D eigenvalue weighted by atomic mass is 10.0. The van der Waals surface area contributed by atoms with Crippen LogP contribution in [0.5, 0.6) is 0 Å². The molecule has 24 heavy (non-hydrogen) atoms. The predicted octanol–water partition coefficient (Wildman–Crippen LogP) is 3.50. The second kappa shape index (κ2) is 6.97. The first-order valence-electron chi connectivity index (χ1n) is 9.10. The quantitative estimate of drug-likeness (QED) is 0.861. The van der Waals surface area contributed by atoms with Gasteiger partial charge < -0.3 is 0 Å². The van der Waals surface area contributed by atoms with Gasteiger partial charge in [-0.2, -0.15) is 0 Å². The number of rotatable bonds is 4. The van der Waals surface area contributed by atoms with Gasteiger partial charge in [-0.3, -0.25) is 4.90 Å². The first-order valence-corrected chi connectivity index (χ1v) is 9.10. The molecule has 2 aromatic rings. The van der Waals surface area contributed by atoms with Crippen LogP contribution < -0.4 is 0 Å². The summed E-state index contributed by atoms with van der Waals surface area (Å²) < 4.78 is 15.4. The summed E-state index contributed by atoms with van der Waals surface area (Å²) in [6.45, 7) is 2.08. The third-order valence-corrected chi connectivity index (χ3v) is 5.37. The Morgan fingerprint density at radius 2 is 1.67 bits per heavy atom. The minimum atomic E-state index is -0.202. The van der Waals surface area contributed by atoms with E-state index in [0.717, 1.165) is 37.3 Å². The molecule has 128 valence electrons. The molecule has 1 unspecified atom stereocenters. The number of aromatic nitrogens is 4. The van der Waals surface area contributed by atoms with E-state index in [1.54, 1.807) is 0 Å². The van der Waals surface area contributed by atoms with Crippen LogP contribution in [-0.4, -0.2) is 38.2 Å². The zero-order valence-electron chi connectivity index (χ0n) is 13.9. The second-order valence-corrected chi connectivity index (χ2v) is 6.97. The number of hydrogen-bond acceptors (Lipinski definition) is 4. The van der Waals surface area contributed by atoms with E-state index >= 15 is 0 Å². The van der Waals surface area contributed by atoms with Gasteiger partial charge in [-0.05, 0) is 66.9 Å². The van der Waals surface area contributed by atoms with Crippen molar-refractivity contribution in [3.8, 4) is 0 Å². The number of halogens is 1. The van der Waals surface area contributed by atoms with E-state index in [4.69, 9.17) is 0 Å². The van der Waals surface area contributed by atoms with E-state index in [0.29, 0.717) is 6.04 Å². The fourth-order valence-corrected chi connectivity index (χ4v) is 4.13. The fourth-order valence-electron chi connectivity index (χ4n) is 4.13. The normalized spacial score (nSPS) is 21.2. The molecule has 0 spiro atoms. The predicted molar refractivity (Wildman–Crippen MR) is 89.0 cm³/mol. The maximum atomic E-state index is 13.4. The summed E-state index contributed by atoms with van der Waals surface area (Å²) in [6, 6.07) is 7.25. The first kappa shape index (κ1) is 15.7. The highest BCUT2D eigenvalue weighted by Gasteiger charge is 2.31. The molecule has 6 heteroatoms. The van der Waals surface area contributed by atoms with Gasteiger partial charge in [0.2, 0.25) is 0 Å². The smallest absolute Gasteiger partial charge is 0.173 e. The van der Waals surface area contributed by atoms with Crippen molar-refractivity contribution in [1.82, 2.24) is 25.1 Å². The van der Waals surface area contributed by atoms with Gasteiger partial charge in [-0.15, -0.1) is 5.10 Å². The Hall–Kier alpha value is -1.82. The third-order valence-electron chi connectivity index (χ3n) is 5.37. The van der Waals surface area contributed by atoms with Gasteiger partial charge in [0, 0.05) is 0 Å². The summed E-state index contributed by atoms with van der Waals surface area (Å²) in [6.07, 6.45) is 8.46. The van der Waals surface area contributed by atoms with E-state index in [-0.39, 0.29) is 11.9 Å². The molecule has 2 aliphatic rings. The second-order valence-electron chi connectivity index (χ2n) is 6.97. The van der Waals surface area contributed by atoms with Crippen LogP contribution in [0.25, 0.3) is 0 Å². The number of tetrazole rings is 1. The Kier molecular flexibility index (Phi) is 4.56. The van der Waals surface area contributed by atoms with Crippen molar-refractivity contribution in [2.24, 2.45) is 0 Å². The molecule has 1 aromatic heterocycles.